The van der Waals surface area contributed by atoms with Crippen LogP contribution in [-0.4, -0.2) is 54.0 Å². The van der Waals surface area contributed by atoms with E-state index in [1.54, 1.807) is 21.9 Å². The van der Waals surface area contributed by atoms with Crippen molar-refractivity contribution in [1.29, 1.82) is 0 Å². The molecule has 0 aliphatic carbocycles. The van der Waals surface area contributed by atoms with Crippen LogP contribution in [0.5, 0.6) is 5.75 Å². The largest absolute Gasteiger partial charge is 0.482 e. The standard InChI is InChI=1S/C16H17BrN2O5/c17-11-1-2-12-13(7-11)24-9-15(21)19(12)6-4-14(20)18-5-3-10(8-18)16(22)23/h1-2,7,10H,3-6,8-9H2,(H,22,23)/t10-/m1/s1. The molecule has 0 saturated carbocycles. The Morgan fingerprint density at radius 2 is 2.17 bits per heavy atom. The van der Waals surface area contributed by atoms with Gasteiger partial charge in [0, 0.05) is 30.5 Å². The number of benzene rings is 1. The monoisotopic (exact) mass is 396 g/mol. The van der Waals surface area contributed by atoms with Gasteiger partial charge in [-0.05, 0) is 24.6 Å². The Balaban J connectivity index is 1.63. The summed E-state index contributed by atoms with van der Waals surface area (Å²) in [4.78, 5) is 38.5. The van der Waals surface area contributed by atoms with Crippen molar-refractivity contribution < 1.29 is 24.2 Å². The molecule has 128 valence electrons. The Morgan fingerprint density at radius 1 is 1.38 bits per heavy atom. The number of carbonyl (C=O) groups is 3. The van der Waals surface area contributed by atoms with Gasteiger partial charge in [0.1, 0.15) is 5.75 Å². The molecule has 24 heavy (non-hydrogen) atoms. The zero-order valence-electron chi connectivity index (χ0n) is 12.9. The van der Waals surface area contributed by atoms with Gasteiger partial charge in [-0.1, -0.05) is 15.9 Å². The van der Waals surface area contributed by atoms with Gasteiger partial charge in [-0.25, -0.2) is 0 Å². The first kappa shape index (κ1) is 16.8. The number of anilines is 1. The highest BCUT2D eigenvalue weighted by atomic mass is 79.9. The number of amides is 2. The van der Waals surface area contributed by atoms with Crippen LogP contribution in [0.3, 0.4) is 0 Å². The molecule has 1 aromatic carbocycles. The van der Waals surface area contributed by atoms with Crippen molar-refractivity contribution in [2.75, 3.05) is 31.1 Å². The molecule has 0 bridgehead atoms. The first-order chi connectivity index (χ1) is 11.5. The van der Waals surface area contributed by atoms with Crippen molar-refractivity contribution >= 4 is 39.4 Å². The Hall–Kier alpha value is -2.09. The lowest BCUT2D eigenvalue weighted by atomic mass is 10.1. The minimum absolute atomic E-state index is 0.0531. The lowest BCUT2D eigenvalue weighted by Crippen LogP contribution is -2.41. The van der Waals surface area contributed by atoms with E-state index in [1.165, 1.54) is 0 Å². The average molecular weight is 397 g/mol. The first-order valence-corrected chi connectivity index (χ1v) is 8.48. The molecule has 2 heterocycles. The lowest BCUT2D eigenvalue weighted by Gasteiger charge is -2.29. The number of fused-ring (bicyclic) bond motifs is 1. The normalized spacial score (nSPS) is 19.9. The van der Waals surface area contributed by atoms with Crippen LogP contribution in [-0.2, 0) is 14.4 Å². The molecule has 0 unspecified atom stereocenters. The smallest absolute Gasteiger partial charge is 0.308 e. The van der Waals surface area contributed by atoms with Gasteiger partial charge < -0.3 is 19.6 Å². The molecule has 1 fully saturated rings. The quantitative estimate of drug-likeness (QED) is 0.832. The molecule has 0 radical (unpaired) electrons. The van der Waals surface area contributed by atoms with Gasteiger partial charge in [-0.15, -0.1) is 0 Å². The summed E-state index contributed by atoms with van der Waals surface area (Å²) in [5, 5.41) is 9.00. The molecule has 1 atom stereocenters. The number of carboxylic acids is 1. The second-order valence-electron chi connectivity index (χ2n) is 5.86. The van der Waals surface area contributed by atoms with Crippen LogP contribution in [0.2, 0.25) is 0 Å². The SMILES string of the molecule is O=C(O)[C@@H]1CCN(C(=O)CCN2C(=O)COc3cc(Br)ccc32)C1. The van der Waals surface area contributed by atoms with Gasteiger partial charge in [-0.2, -0.15) is 0 Å². The molecule has 2 aliphatic rings. The summed E-state index contributed by atoms with van der Waals surface area (Å²) in [5.74, 6) is -1.08. The number of carboxylic acid groups (broad SMARTS) is 1. The Kier molecular flexibility index (Phi) is 4.75. The van der Waals surface area contributed by atoms with E-state index < -0.39 is 11.9 Å². The zero-order chi connectivity index (χ0) is 17.3. The highest BCUT2D eigenvalue weighted by molar-refractivity contribution is 9.10. The number of likely N-dealkylation sites (tertiary alicyclic amines) is 1. The van der Waals surface area contributed by atoms with Crippen LogP contribution >= 0.6 is 15.9 Å². The topological polar surface area (TPSA) is 87.2 Å². The molecule has 3 rings (SSSR count). The number of ether oxygens (including phenoxy) is 1. The van der Waals surface area contributed by atoms with Crippen molar-refractivity contribution in [2.45, 2.75) is 12.8 Å². The third kappa shape index (κ3) is 3.38. The van der Waals surface area contributed by atoms with Crippen molar-refractivity contribution in [1.82, 2.24) is 4.90 Å². The first-order valence-electron chi connectivity index (χ1n) is 7.69. The van der Waals surface area contributed by atoms with E-state index >= 15 is 0 Å². The summed E-state index contributed by atoms with van der Waals surface area (Å²) in [7, 11) is 0. The molecular weight excluding hydrogens is 380 g/mol. The van der Waals surface area contributed by atoms with Gasteiger partial charge in [0.25, 0.3) is 5.91 Å². The van der Waals surface area contributed by atoms with E-state index in [0.29, 0.717) is 24.4 Å². The van der Waals surface area contributed by atoms with E-state index in [-0.39, 0.29) is 37.9 Å². The average Bonchev–Trinajstić information content (AvgIpc) is 3.04. The minimum Gasteiger partial charge on any atom is -0.482 e. The zero-order valence-corrected chi connectivity index (χ0v) is 14.5. The number of hydrogen-bond acceptors (Lipinski definition) is 4. The second kappa shape index (κ2) is 6.80. The predicted molar refractivity (Wildman–Crippen MR) is 88.9 cm³/mol. The van der Waals surface area contributed by atoms with Crippen LogP contribution in [0.1, 0.15) is 12.8 Å². The number of carbonyl (C=O) groups excluding carboxylic acids is 2. The van der Waals surface area contributed by atoms with Crippen LogP contribution < -0.4 is 9.64 Å². The van der Waals surface area contributed by atoms with Crippen LogP contribution in [0.4, 0.5) is 5.69 Å². The summed E-state index contributed by atoms with van der Waals surface area (Å²) in [6, 6.07) is 5.37. The number of nitrogens with zero attached hydrogens (tertiary/aromatic N) is 2. The van der Waals surface area contributed by atoms with Crippen LogP contribution in [0.25, 0.3) is 0 Å². The maximum atomic E-state index is 12.3. The second-order valence-corrected chi connectivity index (χ2v) is 6.78. The third-order valence-corrected chi connectivity index (χ3v) is 4.80. The summed E-state index contributed by atoms with van der Waals surface area (Å²) >= 11 is 3.36. The summed E-state index contributed by atoms with van der Waals surface area (Å²) in [5.41, 5.74) is 0.645. The van der Waals surface area contributed by atoms with E-state index in [4.69, 9.17) is 9.84 Å². The Bertz CT molecular complexity index is 693. The Morgan fingerprint density at radius 3 is 2.88 bits per heavy atom. The maximum absolute atomic E-state index is 12.3. The number of rotatable bonds is 4. The molecule has 2 amide bonds. The molecule has 0 spiro atoms. The molecule has 8 heteroatoms. The summed E-state index contributed by atoms with van der Waals surface area (Å²) in [6.45, 7) is 0.900. The maximum Gasteiger partial charge on any atom is 0.308 e. The molecule has 1 saturated heterocycles. The van der Waals surface area contributed by atoms with Gasteiger partial charge in [-0.3, -0.25) is 14.4 Å². The number of aliphatic carboxylic acids is 1. The van der Waals surface area contributed by atoms with Crippen molar-refractivity contribution in [3.05, 3.63) is 22.7 Å². The fraction of sp³-hybridized carbons (Fsp3) is 0.438. The van der Waals surface area contributed by atoms with E-state index in [0.717, 1.165) is 4.47 Å². The molecular formula is C16H17BrN2O5. The van der Waals surface area contributed by atoms with Crippen molar-refractivity contribution in [2.24, 2.45) is 5.92 Å². The highest BCUT2D eigenvalue weighted by Gasteiger charge is 2.32. The molecule has 7 nitrogen and oxygen atoms in total. The number of halogens is 1. The fourth-order valence-corrected chi connectivity index (χ4v) is 3.32. The van der Waals surface area contributed by atoms with Gasteiger partial charge in [0.15, 0.2) is 6.61 Å². The summed E-state index contributed by atoms with van der Waals surface area (Å²) < 4.78 is 6.26. The molecule has 1 aromatic rings. The van der Waals surface area contributed by atoms with E-state index in [2.05, 4.69) is 15.9 Å². The Labute approximate surface area is 147 Å². The van der Waals surface area contributed by atoms with Crippen molar-refractivity contribution in [3.8, 4) is 5.75 Å². The van der Waals surface area contributed by atoms with E-state index in [9.17, 15) is 14.4 Å². The molecule has 2 aliphatic heterocycles. The minimum atomic E-state index is -0.867. The van der Waals surface area contributed by atoms with E-state index in [1.807, 2.05) is 6.07 Å². The van der Waals surface area contributed by atoms with Gasteiger partial charge in [0.05, 0.1) is 11.6 Å². The lowest BCUT2D eigenvalue weighted by molar-refractivity contribution is -0.141. The third-order valence-electron chi connectivity index (χ3n) is 4.30. The van der Waals surface area contributed by atoms with Gasteiger partial charge in [0.2, 0.25) is 5.91 Å². The molecule has 0 aromatic heterocycles. The number of hydrogen-bond donors (Lipinski definition) is 1. The van der Waals surface area contributed by atoms with Crippen LogP contribution in [0.15, 0.2) is 22.7 Å². The van der Waals surface area contributed by atoms with Gasteiger partial charge >= 0.3 is 5.97 Å². The highest BCUT2D eigenvalue weighted by Crippen LogP contribution is 2.34. The summed E-state index contributed by atoms with van der Waals surface area (Å²) in [6.07, 6.45) is 0.641. The molecule has 1 N–H and O–H groups in total. The fourth-order valence-electron chi connectivity index (χ4n) is 2.98. The van der Waals surface area contributed by atoms with Crippen molar-refractivity contribution in [3.63, 3.8) is 0 Å². The van der Waals surface area contributed by atoms with Crippen LogP contribution in [0, 0.1) is 5.92 Å². The predicted octanol–water partition coefficient (Wildman–Crippen LogP) is 1.50.